The van der Waals surface area contributed by atoms with Crippen LogP contribution in [0.3, 0.4) is 0 Å². The van der Waals surface area contributed by atoms with Crippen molar-refractivity contribution in [3.05, 3.63) is 76.0 Å². The van der Waals surface area contributed by atoms with E-state index < -0.39 is 0 Å². The summed E-state index contributed by atoms with van der Waals surface area (Å²) < 4.78 is 8.96. The molecule has 3 rings (SSSR count). The molecule has 0 saturated heterocycles. The summed E-state index contributed by atoms with van der Waals surface area (Å²) in [6.07, 6.45) is 3.35. The number of hydrogen-bond acceptors (Lipinski definition) is 5. The average molecular weight is 530 g/mol. The van der Waals surface area contributed by atoms with Crippen molar-refractivity contribution in [2.45, 2.75) is 45.3 Å². The summed E-state index contributed by atoms with van der Waals surface area (Å²) in [5, 5.41) is 12.4. The molecule has 1 heterocycles. The molecule has 0 spiro atoms. The van der Waals surface area contributed by atoms with E-state index >= 15 is 0 Å². The number of aryl methyl sites for hydroxylation is 3. The first-order chi connectivity index (χ1) is 15.9. The summed E-state index contributed by atoms with van der Waals surface area (Å²) >= 11 is 4.85. The SMILES string of the molecule is C=CCn1c(CCCOc2ccc(Br)cc2C)nnc1SCC(=O)Nc1cccc(C)c1C. The van der Waals surface area contributed by atoms with Crippen molar-refractivity contribution in [2.75, 3.05) is 17.7 Å². The van der Waals surface area contributed by atoms with E-state index in [0.717, 1.165) is 51.3 Å². The summed E-state index contributed by atoms with van der Waals surface area (Å²) in [4.78, 5) is 12.5. The third-order valence-electron chi connectivity index (χ3n) is 5.26. The number of nitrogens with one attached hydrogen (secondary N) is 1. The molecule has 33 heavy (non-hydrogen) atoms. The lowest BCUT2D eigenvalue weighted by Crippen LogP contribution is -2.16. The summed E-state index contributed by atoms with van der Waals surface area (Å²) in [6, 6.07) is 11.9. The van der Waals surface area contributed by atoms with Gasteiger partial charge < -0.3 is 14.6 Å². The van der Waals surface area contributed by atoms with Crippen LogP contribution in [0.5, 0.6) is 5.75 Å². The quantitative estimate of drug-likeness (QED) is 0.191. The van der Waals surface area contributed by atoms with Crippen LogP contribution in [0.2, 0.25) is 0 Å². The molecule has 0 aliphatic rings. The number of thioether (sulfide) groups is 1. The second-order valence-electron chi connectivity index (χ2n) is 7.74. The van der Waals surface area contributed by atoms with Crippen molar-refractivity contribution in [3.8, 4) is 5.75 Å². The van der Waals surface area contributed by atoms with Gasteiger partial charge in [0.2, 0.25) is 5.91 Å². The van der Waals surface area contributed by atoms with Gasteiger partial charge in [0.1, 0.15) is 11.6 Å². The first-order valence-corrected chi connectivity index (χ1v) is 12.6. The van der Waals surface area contributed by atoms with Crippen LogP contribution in [0, 0.1) is 20.8 Å². The summed E-state index contributed by atoms with van der Waals surface area (Å²) in [5.41, 5.74) is 4.16. The number of ether oxygens (including phenoxy) is 1. The molecular weight excluding hydrogens is 500 g/mol. The van der Waals surface area contributed by atoms with E-state index in [1.807, 2.05) is 67.8 Å². The Bertz CT molecular complexity index is 1130. The van der Waals surface area contributed by atoms with Crippen LogP contribution in [-0.4, -0.2) is 33.0 Å². The Labute approximate surface area is 208 Å². The summed E-state index contributed by atoms with van der Waals surface area (Å²) in [7, 11) is 0. The van der Waals surface area contributed by atoms with E-state index in [-0.39, 0.29) is 11.7 Å². The van der Waals surface area contributed by atoms with Crippen LogP contribution < -0.4 is 10.1 Å². The maximum atomic E-state index is 12.5. The predicted octanol–water partition coefficient (Wildman–Crippen LogP) is 5.89. The van der Waals surface area contributed by atoms with Crippen molar-refractivity contribution in [2.24, 2.45) is 0 Å². The Balaban J connectivity index is 1.54. The van der Waals surface area contributed by atoms with Gasteiger partial charge >= 0.3 is 0 Å². The van der Waals surface area contributed by atoms with Crippen LogP contribution in [-0.2, 0) is 17.8 Å². The minimum Gasteiger partial charge on any atom is -0.493 e. The van der Waals surface area contributed by atoms with Gasteiger partial charge in [0.05, 0.1) is 12.4 Å². The van der Waals surface area contributed by atoms with Gasteiger partial charge in [0.15, 0.2) is 5.16 Å². The van der Waals surface area contributed by atoms with E-state index in [2.05, 4.69) is 38.0 Å². The number of carbonyl (C=O) groups excluding carboxylic acids is 1. The predicted molar refractivity (Wildman–Crippen MR) is 138 cm³/mol. The van der Waals surface area contributed by atoms with E-state index in [4.69, 9.17) is 4.74 Å². The molecule has 1 N–H and O–H groups in total. The van der Waals surface area contributed by atoms with E-state index in [9.17, 15) is 4.79 Å². The molecule has 6 nitrogen and oxygen atoms in total. The Hall–Kier alpha value is -2.58. The normalized spacial score (nSPS) is 10.8. The lowest BCUT2D eigenvalue weighted by Gasteiger charge is -2.11. The number of allylic oxidation sites excluding steroid dienone is 1. The van der Waals surface area contributed by atoms with Gasteiger partial charge in [0, 0.05) is 23.1 Å². The fourth-order valence-electron chi connectivity index (χ4n) is 3.31. The topological polar surface area (TPSA) is 69.0 Å². The summed E-state index contributed by atoms with van der Waals surface area (Å²) in [6.45, 7) is 11.1. The molecule has 0 aliphatic heterocycles. The molecule has 3 aromatic rings. The van der Waals surface area contributed by atoms with Gasteiger partial charge in [-0.05, 0) is 68.1 Å². The number of nitrogens with zero attached hydrogens (tertiary/aromatic N) is 3. The van der Waals surface area contributed by atoms with Crippen LogP contribution in [0.4, 0.5) is 5.69 Å². The Morgan fingerprint density at radius 1 is 1.21 bits per heavy atom. The number of carbonyl (C=O) groups is 1. The van der Waals surface area contributed by atoms with Gasteiger partial charge in [0.25, 0.3) is 0 Å². The number of amides is 1. The Kier molecular flexibility index (Phi) is 9.14. The standard InChI is InChI=1S/C25H29BrN4O2S/c1-5-13-30-23(10-7-14-32-22-12-11-20(26)15-18(22)3)28-29-25(30)33-16-24(31)27-21-9-6-8-17(2)19(21)4/h5-6,8-9,11-12,15H,1,7,10,13-14,16H2,2-4H3,(H,27,31). The van der Waals surface area contributed by atoms with Crippen molar-refractivity contribution in [1.82, 2.24) is 14.8 Å². The third-order valence-corrected chi connectivity index (χ3v) is 6.72. The number of benzene rings is 2. The first-order valence-electron chi connectivity index (χ1n) is 10.8. The fourth-order valence-corrected chi connectivity index (χ4v) is 4.56. The third kappa shape index (κ3) is 6.95. The van der Waals surface area contributed by atoms with Gasteiger partial charge in [-0.2, -0.15) is 0 Å². The van der Waals surface area contributed by atoms with Crippen LogP contribution >= 0.6 is 27.7 Å². The van der Waals surface area contributed by atoms with Crippen molar-refractivity contribution >= 4 is 39.3 Å². The molecule has 1 aromatic heterocycles. The highest BCUT2D eigenvalue weighted by Crippen LogP contribution is 2.23. The lowest BCUT2D eigenvalue weighted by atomic mass is 10.1. The fraction of sp³-hybridized carbons (Fsp3) is 0.320. The first kappa shape index (κ1) is 25.1. The van der Waals surface area contributed by atoms with Crippen molar-refractivity contribution in [1.29, 1.82) is 0 Å². The Morgan fingerprint density at radius 2 is 2.03 bits per heavy atom. The molecule has 0 radical (unpaired) electrons. The largest absolute Gasteiger partial charge is 0.493 e. The lowest BCUT2D eigenvalue weighted by molar-refractivity contribution is -0.113. The highest BCUT2D eigenvalue weighted by atomic mass is 79.9. The van der Waals surface area contributed by atoms with Gasteiger partial charge in [-0.15, -0.1) is 16.8 Å². The molecule has 0 fully saturated rings. The minimum absolute atomic E-state index is 0.0679. The zero-order valence-electron chi connectivity index (χ0n) is 19.2. The summed E-state index contributed by atoms with van der Waals surface area (Å²) in [5.74, 6) is 1.94. The molecule has 2 aromatic carbocycles. The monoisotopic (exact) mass is 528 g/mol. The number of hydrogen-bond donors (Lipinski definition) is 1. The van der Waals surface area contributed by atoms with Crippen LogP contribution in [0.1, 0.15) is 28.9 Å². The molecule has 0 bridgehead atoms. The second-order valence-corrected chi connectivity index (χ2v) is 9.60. The van der Waals surface area contributed by atoms with Crippen molar-refractivity contribution in [3.63, 3.8) is 0 Å². The van der Waals surface area contributed by atoms with E-state index in [0.29, 0.717) is 18.3 Å². The van der Waals surface area contributed by atoms with Gasteiger partial charge in [-0.3, -0.25) is 4.79 Å². The smallest absolute Gasteiger partial charge is 0.234 e. The van der Waals surface area contributed by atoms with Crippen LogP contribution in [0.15, 0.2) is 58.7 Å². The molecule has 0 aliphatic carbocycles. The number of halogens is 1. The number of anilines is 1. The second kappa shape index (κ2) is 12.0. The van der Waals surface area contributed by atoms with Gasteiger partial charge in [-0.25, -0.2) is 0 Å². The van der Waals surface area contributed by atoms with Crippen LogP contribution in [0.25, 0.3) is 0 Å². The van der Waals surface area contributed by atoms with E-state index in [1.165, 1.54) is 11.8 Å². The molecular formula is C25H29BrN4O2S. The zero-order chi connectivity index (χ0) is 23.8. The maximum Gasteiger partial charge on any atom is 0.234 e. The molecule has 0 saturated carbocycles. The van der Waals surface area contributed by atoms with Gasteiger partial charge in [-0.1, -0.05) is 45.9 Å². The highest BCUT2D eigenvalue weighted by Gasteiger charge is 2.14. The molecule has 0 atom stereocenters. The average Bonchev–Trinajstić information content (AvgIpc) is 3.16. The number of aromatic nitrogens is 3. The van der Waals surface area contributed by atoms with E-state index in [1.54, 1.807) is 0 Å². The van der Waals surface area contributed by atoms with Crippen molar-refractivity contribution < 1.29 is 9.53 Å². The molecule has 8 heteroatoms. The molecule has 1 amide bonds. The Morgan fingerprint density at radius 3 is 2.79 bits per heavy atom. The maximum absolute atomic E-state index is 12.5. The highest BCUT2D eigenvalue weighted by molar-refractivity contribution is 9.10. The zero-order valence-corrected chi connectivity index (χ0v) is 21.6. The number of rotatable bonds is 11. The molecule has 174 valence electrons. The molecule has 0 unspecified atom stereocenters. The minimum atomic E-state index is -0.0679.